The molecule has 35 heavy (non-hydrogen) atoms. The summed E-state index contributed by atoms with van der Waals surface area (Å²) in [6, 6.07) is 31.0. The maximum atomic E-state index is 13.5. The van der Waals surface area contributed by atoms with Crippen LogP contribution in [-0.2, 0) is 5.54 Å². The highest BCUT2D eigenvalue weighted by Crippen LogP contribution is 2.45. The summed E-state index contributed by atoms with van der Waals surface area (Å²) in [5.41, 5.74) is 1.95. The Bertz CT molecular complexity index is 1420. The third-order valence-electron chi connectivity index (χ3n) is 5.83. The van der Waals surface area contributed by atoms with Gasteiger partial charge in [0.05, 0.1) is 21.6 Å². The SMILES string of the molecule is N#Cc1ncc2c(c(OC(F)F)nn2C(c2ccccc2)(c2ccccc2)c2ccccc2)c1Br. The van der Waals surface area contributed by atoms with Crippen LogP contribution in [0.5, 0.6) is 5.88 Å². The number of nitrogens with zero attached hydrogens (tertiary/aromatic N) is 4. The van der Waals surface area contributed by atoms with E-state index in [1.165, 1.54) is 6.20 Å². The van der Waals surface area contributed by atoms with Crippen molar-refractivity contribution < 1.29 is 13.5 Å². The molecule has 0 radical (unpaired) electrons. The molecule has 2 aromatic heterocycles. The lowest BCUT2D eigenvalue weighted by Gasteiger charge is -2.36. The highest BCUT2D eigenvalue weighted by molar-refractivity contribution is 9.10. The Morgan fingerprint density at radius 2 is 1.34 bits per heavy atom. The molecule has 172 valence electrons. The Labute approximate surface area is 208 Å². The Morgan fingerprint density at radius 3 is 1.77 bits per heavy atom. The molecular formula is C27H17BrF2N4O. The van der Waals surface area contributed by atoms with E-state index in [4.69, 9.17) is 4.74 Å². The average Bonchev–Trinajstić information content (AvgIpc) is 3.25. The number of alkyl halides is 2. The zero-order valence-corrected chi connectivity index (χ0v) is 19.7. The summed E-state index contributed by atoms with van der Waals surface area (Å²) in [5, 5.41) is 14.3. The molecule has 8 heteroatoms. The fourth-order valence-electron chi connectivity index (χ4n) is 4.44. The number of fused-ring (bicyclic) bond motifs is 1. The molecule has 2 heterocycles. The van der Waals surface area contributed by atoms with Crippen molar-refractivity contribution in [3.8, 4) is 11.9 Å². The number of benzene rings is 3. The Hall–Kier alpha value is -4.09. The molecular weight excluding hydrogens is 514 g/mol. The predicted molar refractivity (Wildman–Crippen MR) is 131 cm³/mol. The molecule has 0 fully saturated rings. The standard InChI is InChI=1S/C27H17BrF2N4O/c28-24-21(16-31)32-17-22-23(24)25(35-26(29)30)33-34(22)27(18-10-4-1-5-11-18,19-12-6-2-7-13-19)20-14-8-3-9-15-20/h1-15,17,26H. The van der Waals surface area contributed by atoms with E-state index < -0.39 is 12.2 Å². The quantitative estimate of drug-likeness (QED) is 0.235. The van der Waals surface area contributed by atoms with E-state index in [-0.39, 0.29) is 21.4 Å². The fourth-order valence-corrected chi connectivity index (χ4v) is 5.01. The lowest BCUT2D eigenvalue weighted by Crippen LogP contribution is -2.38. The molecule has 0 spiro atoms. The third kappa shape index (κ3) is 3.74. The number of rotatable bonds is 6. The first-order chi connectivity index (χ1) is 17.1. The molecule has 0 aliphatic heterocycles. The molecule has 0 N–H and O–H groups in total. The highest BCUT2D eigenvalue weighted by atomic mass is 79.9. The van der Waals surface area contributed by atoms with Gasteiger partial charge in [-0.05, 0) is 32.6 Å². The molecule has 3 aromatic carbocycles. The number of hydrogen-bond acceptors (Lipinski definition) is 4. The summed E-state index contributed by atoms with van der Waals surface area (Å²) in [5.74, 6) is -0.298. The van der Waals surface area contributed by atoms with Crippen molar-refractivity contribution >= 4 is 26.8 Å². The Kier molecular flexibility index (Phi) is 6.01. The Balaban J connectivity index is 1.99. The van der Waals surface area contributed by atoms with Gasteiger partial charge in [0, 0.05) is 0 Å². The second-order valence-corrected chi connectivity index (χ2v) is 8.49. The zero-order valence-electron chi connectivity index (χ0n) is 18.1. The lowest BCUT2D eigenvalue weighted by molar-refractivity contribution is -0.0524. The van der Waals surface area contributed by atoms with Crippen LogP contribution < -0.4 is 4.74 Å². The largest absolute Gasteiger partial charge is 0.415 e. The van der Waals surface area contributed by atoms with Crippen LogP contribution in [0, 0.1) is 11.3 Å². The van der Waals surface area contributed by atoms with Crippen molar-refractivity contribution in [3.05, 3.63) is 124 Å². The van der Waals surface area contributed by atoms with Gasteiger partial charge < -0.3 is 4.74 Å². The van der Waals surface area contributed by atoms with E-state index in [9.17, 15) is 14.0 Å². The molecule has 0 saturated carbocycles. The summed E-state index contributed by atoms with van der Waals surface area (Å²) in [4.78, 5) is 4.26. The fraction of sp³-hybridized carbons (Fsp3) is 0.0741. The smallest absolute Gasteiger partial charge is 0.388 e. The monoisotopic (exact) mass is 530 g/mol. The van der Waals surface area contributed by atoms with Crippen molar-refractivity contribution in [2.45, 2.75) is 12.2 Å². The minimum atomic E-state index is -3.10. The van der Waals surface area contributed by atoms with Gasteiger partial charge in [0.1, 0.15) is 11.6 Å². The van der Waals surface area contributed by atoms with Gasteiger partial charge in [-0.3, -0.25) is 0 Å². The van der Waals surface area contributed by atoms with E-state index in [1.807, 2.05) is 97.1 Å². The minimum Gasteiger partial charge on any atom is -0.415 e. The average molecular weight is 531 g/mol. The summed E-state index contributed by atoms with van der Waals surface area (Å²) < 4.78 is 33.7. The number of ether oxygens (including phenoxy) is 1. The molecule has 0 unspecified atom stereocenters. The van der Waals surface area contributed by atoms with Gasteiger partial charge in [0.15, 0.2) is 5.69 Å². The van der Waals surface area contributed by atoms with Crippen LogP contribution in [-0.4, -0.2) is 21.4 Å². The number of aromatic nitrogens is 3. The topological polar surface area (TPSA) is 63.7 Å². The number of halogens is 3. The summed E-state index contributed by atoms with van der Waals surface area (Å²) >= 11 is 3.37. The zero-order chi connectivity index (χ0) is 24.4. The van der Waals surface area contributed by atoms with Crippen LogP contribution in [0.15, 0.2) is 102 Å². The van der Waals surface area contributed by atoms with Crippen LogP contribution in [0.1, 0.15) is 22.4 Å². The van der Waals surface area contributed by atoms with E-state index in [0.717, 1.165) is 16.7 Å². The van der Waals surface area contributed by atoms with Crippen LogP contribution in [0.3, 0.4) is 0 Å². The molecule has 5 rings (SSSR count). The second-order valence-electron chi connectivity index (χ2n) is 7.70. The molecule has 0 aliphatic rings. The van der Waals surface area contributed by atoms with Crippen LogP contribution >= 0.6 is 15.9 Å². The van der Waals surface area contributed by atoms with E-state index in [1.54, 1.807) is 4.68 Å². The van der Waals surface area contributed by atoms with Crippen molar-refractivity contribution in [1.82, 2.24) is 14.8 Å². The second kappa shape index (κ2) is 9.28. The maximum Gasteiger partial charge on any atom is 0.388 e. The van der Waals surface area contributed by atoms with Gasteiger partial charge in [0.2, 0.25) is 5.88 Å². The molecule has 0 saturated heterocycles. The first kappa shape index (κ1) is 22.7. The maximum absolute atomic E-state index is 13.5. The first-order valence-electron chi connectivity index (χ1n) is 10.7. The Morgan fingerprint density at radius 1 is 0.857 bits per heavy atom. The van der Waals surface area contributed by atoms with Crippen LogP contribution in [0.2, 0.25) is 0 Å². The summed E-state index contributed by atoms with van der Waals surface area (Å²) in [6.45, 7) is -3.10. The van der Waals surface area contributed by atoms with Gasteiger partial charge in [-0.25, -0.2) is 9.67 Å². The van der Waals surface area contributed by atoms with Gasteiger partial charge in [0.25, 0.3) is 0 Å². The van der Waals surface area contributed by atoms with E-state index >= 15 is 0 Å². The van der Waals surface area contributed by atoms with Crippen molar-refractivity contribution in [2.24, 2.45) is 0 Å². The number of pyridine rings is 1. The van der Waals surface area contributed by atoms with Gasteiger partial charge in [-0.2, -0.15) is 14.0 Å². The van der Waals surface area contributed by atoms with Crippen LogP contribution in [0.25, 0.3) is 10.9 Å². The highest BCUT2D eigenvalue weighted by Gasteiger charge is 2.41. The van der Waals surface area contributed by atoms with Gasteiger partial charge in [-0.1, -0.05) is 91.0 Å². The molecule has 0 aliphatic carbocycles. The van der Waals surface area contributed by atoms with Crippen molar-refractivity contribution in [1.29, 1.82) is 5.26 Å². The summed E-state index contributed by atoms with van der Waals surface area (Å²) in [6.07, 6.45) is 1.47. The van der Waals surface area contributed by atoms with Crippen molar-refractivity contribution in [2.75, 3.05) is 0 Å². The minimum absolute atomic E-state index is 0.0425. The van der Waals surface area contributed by atoms with E-state index in [2.05, 4.69) is 26.0 Å². The number of hydrogen-bond donors (Lipinski definition) is 0. The van der Waals surface area contributed by atoms with Crippen molar-refractivity contribution in [3.63, 3.8) is 0 Å². The number of nitriles is 1. The lowest BCUT2D eigenvalue weighted by atomic mass is 9.77. The molecule has 0 amide bonds. The first-order valence-corrected chi connectivity index (χ1v) is 11.5. The summed E-state index contributed by atoms with van der Waals surface area (Å²) in [7, 11) is 0. The van der Waals surface area contributed by atoms with Gasteiger partial charge >= 0.3 is 6.61 Å². The van der Waals surface area contributed by atoms with Crippen LogP contribution in [0.4, 0.5) is 8.78 Å². The normalized spacial score (nSPS) is 11.5. The predicted octanol–water partition coefficient (Wildman–Crippen LogP) is 6.51. The molecule has 5 nitrogen and oxygen atoms in total. The van der Waals surface area contributed by atoms with Gasteiger partial charge in [-0.15, -0.1) is 5.10 Å². The third-order valence-corrected chi connectivity index (χ3v) is 6.60. The molecule has 0 bridgehead atoms. The molecule has 0 atom stereocenters. The van der Waals surface area contributed by atoms with E-state index in [0.29, 0.717) is 5.52 Å². The molecule has 5 aromatic rings.